The summed E-state index contributed by atoms with van der Waals surface area (Å²) in [5.74, 6) is -0.422. The van der Waals surface area contributed by atoms with Crippen LogP contribution in [0.15, 0.2) is 23.1 Å². The molecule has 0 amide bonds. The fourth-order valence-electron chi connectivity index (χ4n) is 2.60. The van der Waals surface area contributed by atoms with Crippen molar-refractivity contribution in [3.05, 3.63) is 29.6 Å². The summed E-state index contributed by atoms with van der Waals surface area (Å²) in [7, 11) is -3.78. The second kappa shape index (κ2) is 5.19. The van der Waals surface area contributed by atoms with Gasteiger partial charge in [-0.3, -0.25) is 0 Å². The molecule has 0 aromatic heterocycles. The lowest BCUT2D eigenvalue weighted by molar-refractivity contribution is 0.402. The van der Waals surface area contributed by atoms with Crippen molar-refractivity contribution >= 4 is 10.0 Å². The fraction of sp³-hybridized carbons (Fsp3) is 0.538. The molecule has 2 N–H and O–H groups in total. The van der Waals surface area contributed by atoms with Crippen molar-refractivity contribution in [3.8, 4) is 0 Å². The Morgan fingerprint density at radius 3 is 2.63 bits per heavy atom. The maximum atomic E-state index is 13.8. The Morgan fingerprint density at radius 1 is 1.42 bits per heavy atom. The fourth-order valence-corrected chi connectivity index (χ4v) is 4.47. The monoisotopic (exact) mass is 286 g/mol. The highest BCUT2D eigenvalue weighted by atomic mass is 32.2. The molecule has 2 rings (SSSR count). The van der Waals surface area contributed by atoms with Crippen LogP contribution in [-0.2, 0) is 16.6 Å². The number of nitrogens with two attached hydrogens (primary N) is 1. The van der Waals surface area contributed by atoms with Gasteiger partial charge in [0.05, 0.1) is 0 Å². The molecule has 0 bridgehead atoms. The molecule has 1 heterocycles. The number of sulfonamides is 1. The third kappa shape index (κ3) is 2.66. The van der Waals surface area contributed by atoms with Crippen molar-refractivity contribution in [1.29, 1.82) is 0 Å². The van der Waals surface area contributed by atoms with E-state index in [-0.39, 0.29) is 17.5 Å². The Kier molecular flexibility index (Phi) is 3.94. The number of nitrogens with zero attached hydrogens (tertiary/aromatic N) is 1. The molecule has 1 fully saturated rings. The molecular weight excluding hydrogens is 267 g/mol. The van der Waals surface area contributed by atoms with Crippen molar-refractivity contribution in [2.24, 2.45) is 11.7 Å². The van der Waals surface area contributed by atoms with E-state index in [0.717, 1.165) is 6.42 Å². The van der Waals surface area contributed by atoms with E-state index in [1.807, 2.05) is 13.8 Å². The molecule has 19 heavy (non-hydrogen) atoms. The van der Waals surface area contributed by atoms with Crippen molar-refractivity contribution in [3.63, 3.8) is 0 Å². The largest absolute Gasteiger partial charge is 0.326 e. The molecule has 4 nitrogen and oxygen atoms in total. The molecule has 6 heteroatoms. The predicted molar refractivity (Wildman–Crippen MR) is 71.4 cm³/mol. The lowest BCUT2D eigenvalue weighted by Gasteiger charge is -2.21. The van der Waals surface area contributed by atoms with Gasteiger partial charge in [0.2, 0.25) is 10.0 Å². The van der Waals surface area contributed by atoms with E-state index in [0.29, 0.717) is 18.0 Å². The van der Waals surface area contributed by atoms with Crippen LogP contribution < -0.4 is 5.73 Å². The van der Waals surface area contributed by atoms with Crippen LogP contribution >= 0.6 is 0 Å². The van der Waals surface area contributed by atoms with Gasteiger partial charge in [0.25, 0.3) is 0 Å². The molecule has 0 spiro atoms. The Labute approximate surface area is 113 Å². The van der Waals surface area contributed by atoms with Crippen molar-refractivity contribution < 1.29 is 12.8 Å². The number of benzene rings is 1. The van der Waals surface area contributed by atoms with E-state index in [2.05, 4.69) is 0 Å². The Hall–Kier alpha value is -0.980. The smallest absolute Gasteiger partial charge is 0.246 e. The van der Waals surface area contributed by atoms with Gasteiger partial charge in [-0.15, -0.1) is 0 Å². The zero-order valence-electron chi connectivity index (χ0n) is 11.1. The summed E-state index contributed by atoms with van der Waals surface area (Å²) in [5, 5.41) is 0. The van der Waals surface area contributed by atoms with Gasteiger partial charge in [0.1, 0.15) is 10.7 Å². The molecule has 106 valence electrons. The second-order valence-electron chi connectivity index (χ2n) is 5.23. The van der Waals surface area contributed by atoms with Crippen molar-refractivity contribution in [2.45, 2.75) is 37.8 Å². The zero-order chi connectivity index (χ0) is 14.2. The third-order valence-electron chi connectivity index (χ3n) is 3.54. The Bertz CT molecular complexity index is 574. The first kappa shape index (κ1) is 14.4. The van der Waals surface area contributed by atoms with Gasteiger partial charge in [-0.1, -0.05) is 13.0 Å². The zero-order valence-corrected chi connectivity index (χ0v) is 12.0. The quantitative estimate of drug-likeness (QED) is 0.920. The van der Waals surface area contributed by atoms with Gasteiger partial charge < -0.3 is 5.73 Å². The number of hydrogen-bond donors (Lipinski definition) is 1. The highest BCUT2D eigenvalue weighted by molar-refractivity contribution is 7.89. The molecule has 0 saturated carbocycles. The molecule has 2 unspecified atom stereocenters. The van der Waals surface area contributed by atoms with Gasteiger partial charge in [0, 0.05) is 19.1 Å². The van der Waals surface area contributed by atoms with Crippen molar-refractivity contribution in [1.82, 2.24) is 4.31 Å². The van der Waals surface area contributed by atoms with Crippen LogP contribution in [0.1, 0.15) is 25.8 Å². The van der Waals surface area contributed by atoms with Crippen LogP contribution in [0.3, 0.4) is 0 Å². The summed E-state index contributed by atoms with van der Waals surface area (Å²) < 4.78 is 40.3. The van der Waals surface area contributed by atoms with Crippen LogP contribution in [-0.4, -0.2) is 25.3 Å². The van der Waals surface area contributed by atoms with E-state index in [9.17, 15) is 12.8 Å². The van der Waals surface area contributed by atoms with Crippen LogP contribution in [0.2, 0.25) is 0 Å². The molecule has 1 aromatic rings. The molecule has 1 aliphatic heterocycles. The van der Waals surface area contributed by atoms with Gasteiger partial charge >= 0.3 is 0 Å². The van der Waals surface area contributed by atoms with E-state index in [1.54, 1.807) is 0 Å². The second-order valence-corrected chi connectivity index (χ2v) is 7.09. The standard InChI is InChI=1S/C13H19FN2O2S/c1-9-5-10(2)16(8-9)19(17,18)13-6-11(7-15)3-4-12(13)14/h3-4,6,9-10H,5,7-8,15H2,1-2H3. The van der Waals surface area contributed by atoms with Crippen LogP contribution in [0.25, 0.3) is 0 Å². The number of rotatable bonds is 3. The Balaban J connectivity index is 2.45. The first-order chi connectivity index (χ1) is 8.86. The minimum atomic E-state index is -3.78. The Morgan fingerprint density at radius 2 is 2.11 bits per heavy atom. The van der Waals surface area contributed by atoms with E-state index >= 15 is 0 Å². The summed E-state index contributed by atoms with van der Waals surface area (Å²) in [6.45, 7) is 4.48. The molecule has 1 saturated heterocycles. The number of halogens is 1. The first-order valence-corrected chi connectivity index (χ1v) is 7.80. The summed E-state index contributed by atoms with van der Waals surface area (Å²) >= 11 is 0. The first-order valence-electron chi connectivity index (χ1n) is 6.36. The molecule has 2 atom stereocenters. The summed E-state index contributed by atoms with van der Waals surface area (Å²) in [5.41, 5.74) is 6.09. The highest BCUT2D eigenvalue weighted by Gasteiger charge is 2.37. The molecule has 1 aromatic carbocycles. The van der Waals surface area contributed by atoms with E-state index < -0.39 is 15.8 Å². The topological polar surface area (TPSA) is 63.4 Å². The van der Waals surface area contributed by atoms with Gasteiger partial charge in [0.15, 0.2) is 0 Å². The molecule has 0 aliphatic carbocycles. The highest BCUT2D eigenvalue weighted by Crippen LogP contribution is 2.30. The molecule has 0 radical (unpaired) electrons. The number of hydrogen-bond acceptors (Lipinski definition) is 3. The molecular formula is C13H19FN2O2S. The average Bonchev–Trinajstić information content (AvgIpc) is 2.69. The van der Waals surface area contributed by atoms with E-state index in [1.165, 1.54) is 22.5 Å². The lowest BCUT2D eigenvalue weighted by atomic mass is 10.1. The third-order valence-corrected chi connectivity index (χ3v) is 5.54. The van der Waals surface area contributed by atoms with Gasteiger partial charge in [-0.05, 0) is 37.0 Å². The lowest BCUT2D eigenvalue weighted by Crippen LogP contribution is -2.34. The minimum Gasteiger partial charge on any atom is -0.326 e. The average molecular weight is 286 g/mol. The van der Waals surface area contributed by atoms with Gasteiger partial charge in [-0.25, -0.2) is 12.8 Å². The maximum Gasteiger partial charge on any atom is 0.246 e. The van der Waals surface area contributed by atoms with Crippen LogP contribution in [0.4, 0.5) is 4.39 Å². The summed E-state index contributed by atoms with van der Waals surface area (Å²) in [4.78, 5) is -0.267. The normalized spacial score (nSPS) is 24.8. The van der Waals surface area contributed by atoms with Crippen LogP contribution in [0.5, 0.6) is 0 Å². The van der Waals surface area contributed by atoms with Gasteiger partial charge in [-0.2, -0.15) is 4.31 Å². The molecule has 1 aliphatic rings. The minimum absolute atomic E-state index is 0.0964. The SMILES string of the molecule is CC1CC(C)N(S(=O)(=O)c2cc(CN)ccc2F)C1. The van der Waals surface area contributed by atoms with Crippen molar-refractivity contribution in [2.75, 3.05) is 6.54 Å². The van der Waals surface area contributed by atoms with E-state index in [4.69, 9.17) is 5.73 Å². The summed E-state index contributed by atoms with van der Waals surface area (Å²) in [6.07, 6.45) is 0.803. The predicted octanol–water partition coefficient (Wildman–Crippen LogP) is 1.70. The summed E-state index contributed by atoms with van der Waals surface area (Å²) in [6, 6.07) is 3.91. The van der Waals surface area contributed by atoms with Crippen LogP contribution in [0, 0.1) is 11.7 Å². The maximum absolute atomic E-state index is 13.8.